The van der Waals surface area contributed by atoms with E-state index in [-0.39, 0.29) is 12.1 Å². The van der Waals surface area contributed by atoms with Crippen LogP contribution in [0.25, 0.3) is 10.8 Å². The molecule has 140 valence electrons. The summed E-state index contributed by atoms with van der Waals surface area (Å²) in [6.45, 7) is 0. The van der Waals surface area contributed by atoms with Gasteiger partial charge in [0.25, 0.3) is 0 Å². The minimum absolute atomic E-state index is 0.109. The lowest BCUT2D eigenvalue weighted by atomic mass is 9.91. The van der Waals surface area contributed by atoms with Crippen LogP contribution in [-0.2, 0) is 0 Å². The first-order valence-electron chi connectivity index (χ1n) is 8.90. The van der Waals surface area contributed by atoms with Crippen molar-refractivity contribution in [3.63, 3.8) is 0 Å². The summed E-state index contributed by atoms with van der Waals surface area (Å²) in [5.74, 6) is 2.63. The molecule has 2 atom stereocenters. The molecule has 0 saturated heterocycles. The summed E-state index contributed by atoms with van der Waals surface area (Å²) < 4.78 is 22.8. The number of fused-ring (bicyclic) bond motifs is 3. The zero-order chi connectivity index (χ0) is 19.0. The average molecular weight is 365 g/mol. The fraction of sp³-hybridized carbons (Fsp3) is 0.273. The van der Waals surface area contributed by atoms with E-state index >= 15 is 0 Å². The number of benzene rings is 3. The first-order valence-corrected chi connectivity index (χ1v) is 8.90. The van der Waals surface area contributed by atoms with Crippen molar-refractivity contribution in [2.45, 2.75) is 18.6 Å². The highest BCUT2D eigenvalue weighted by atomic mass is 16.5. The lowest BCUT2D eigenvalue weighted by Gasteiger charge is -2.32. The summed E-state index contributed by atoms with van der Waals surface area (Å²) in [5.41, 5.74) is 8.48. The van der Waals surface area contributed by atoms with Gasteiger partial charge in [-0.15, -0.1) is 0 Å². The third kappa shape index (κ3) is 2.94. The molecule has 0 aromatic heterocycles. The van der Waals surface area contributed by atoms with E-state index in [1.165, 1.54) is 0 Å². The van der Waals surface area contributed by atoms with Gasteiger partial charge in [-0.3, -0.25) is 0 Å². The van der Waals surface area contributed by atoms with Crippen molar-refractivity contribution >= 4 is 10.8 Å². The molecule has 0 spiro atoms. The first-order chi connectivity index (χ1) is 13.2. The van der Waals surface area contributed by atoms with Gasteiger partial charge in [0.15, 0.2) is 11.5 Å². The van der Waals surface area contributed by atoms with Crippen molar-refractivity contribution < 1.29 is 18.9 Å². The molecule has 5 heteroatoms. The van der Waals surface area contributed by atoms with Crippen LogP contribution in [0.1, 0.15) is 29.7 Å². The molecule has 1 heterocycles. The predicted octanol–water partition coefficient (Wildman–Crippen LogP) is 4.39. The van der Waals surface area contributed by atoms with E-state index in [4.69, 9.17) is 24.7 Å². The molecule has 2 unspecified atom stereocenters. The molecule has 0 aliphatic carbocycles. The number of hydrogen-bond acceptors (Lipinski definition) is 5. The van der Waals surface area contributed by atoms with E-state index in [1.54, 1.807) is 21.3 Å². The minimum Gasteiger partial charge on any atom is -0.493 e. The zero-order valence-electron chi connectivity index (χ0n) is 15.7. The summed E-state index contributed by atoms with van der Waals surface area (Å²) in [6, 6.07) is 16.1. The molecule has 0 saturated carbocycles. The molecule has 27 heavy (non-hydrogen) atoms. The second-order valence-electron chi connectivity index (χ2n) is 6.61. The van der Waals surface area contributed by atoms with Gasteiger partial charge in [-0.2, -0.15) is 0 Å². The first kappa shape index (κ1) is 17.5. The van der Waals surface area contributed by atoms with E-state index < -0.39 is 0 Å². The maximum Gasteiger partial charge on any atom is 0.203 e. The Balaban J connectivity index is 1.80. The van der Waals surface area contributed by atoms with Crippen LogP contribution in [0.2, 0.25) is 0 Å². The Labute approximate surface area is 158 Å². The van der Waals surface area contributed by atoms with Gasteiger partial charge in [-0.1, -0.05) is 36.4 Å². The normalized spacial score (nSPS) is 18.5. The Kier molecular flexibility index (Phi) is 4.54. The maximum absolute atomic E-state index is 6.50. The fourth-order valence-corrected chi connectivity index (χ4v) is 3.72. The topological polar surface area (TPSA) is 62.9 Å². The predicted molar refractivity (Wildman–Crippen MR) is 105 cm³/mol. The van der Waals surface area contributed by atoms with Crippen LogP contribution in [0, 0.1) is 0 Å². The number of methoxy groups -OCH3 is 3. The summed E-state index contributed by atoms with van der Waals surface area (Å²) in [6.07, 6.45) is 0.469. The van der Waals surface area contributed by atoms with E-state index in [9.17, 15) is 0 Å². The van der Waals surface area contributed by atoms with Crippen molar-refractivity contribution in [3.8, 4) is 23.0 Å². The summed E-state index contributed by atoms with van der Waals surface area (Å²) >= 11 is 0. The fourth-order valence-electron chi connectivity index (χ4n) is 3.72. The molecule has 1 aliphatic heterocycles. The molecular weight excluding hydrogens is 342 g/mol. The highest BCUT2D eigenvalue weighted by molar-refractivity contribution is 5.90. The van der Waals surface area contributed by atoms with E-state index in [0.717, 1.165) is 27.6 Å². The number of nitrogens with two attached hydrogens (primary N) is 1. The Morgan fingerprint density at radius 3 is 2.30 bits per heavy atom. The van der Waals surface area contributed by atoms with Crippen LogP contribution in [0.15, 0.2) is 48.5 Å². The Morgan fingerprint density at radius 1 is 0.926 bits per heavy atom. The molecular formula is C22H23NO4. The summed E-state index contributed by atoms with van der Waals surface area (Å²) in [4.78, 5) is 0. The van der Waals surface area contributed by atoms with Gasteiger partial charge in [-0.25, -0.2) is 0 Å². The third-order valence-electron chi connectivity index (χ3n) is 5.10. The summed E-state index contributed by atoms with van der Waals surface area (Å²) in [5, 5.41) is 2.21. The van der Waals surface area contributed by atoms with Gasteiger partial charge in [0, 0.05) is 29.0 Å². The van der Waals surface area contributed by atoms with Gasteiger partial charge >= 0.3 is 0 Å². The second kappa shape index (κ2) is 7.00. The smallest absolute Gasteiger partial charge is 0.203 e. The SMILES string of the molecule is COc1cc(C2CC(N)c3ccc4ccccc4c3O2)cc(OC)c1OC. The molecule has 0 radical (unpaired) electrons. The molecule has 4 rings (SSSR count). The van der Waals surface area contributed by atoms with Crippen molar-refractivity contribution in [1.82, 2.24) is 0 Å². The minimum atomic E-state index is -0.202. The van der Waals surface area contributed by atoms with Crippen molar-refractivity contribution in [2.75, 3.05) is 21.3 Å². The highest BCUT2D eigenvalue weighted by Crippen LogP contribution is 2.46. The Hall–Kier alpha value is -2.92. The van der Waals surface area contributed by atoms with Crippen LogP contribution in [-0.4, -0.2) is 21.3 Å². The van der Waals surface area contributed by atoms with Crippen molar-refractivity contribution in [1.29, 1.82) is 0 Å². The monoisotopic (exact) mass is 365 g/mol. The van der Waals surface area contributed by atoms with Crippen LogP contribution < -0.4 is 24.7 Å². The Bertz CT molecular complexity index is 960. The van der Waals surface area contributed by atoms with Gasteiger partial charge in [0.1, 0.15) is 11.9 Å². The molecule has 1 aliphatic rings. The van der Waals surface area contributed by atoms with Crippen molar-refractivity contribution in [2.24, 2.45) is 5.73 Å². The average Bonchev–Trinajstić information content (AvgIpc) is 2.72. The van der Waals surface area contributed by atoms with E-state index in [2.05, 4.69) is 24.3 Å². The Morgan fingerprint density at radius 2 is 1.63 bits per heavy atom. The lowest BCUT2D eigenvalue weighted by Crippen LogP contribution is -2.24. The number of ether oxygens (including phenoxy) is 4. The van der Waals surface area contributed by atoms with Crippen LogP contribution in [0.5, 0.6) is 23.0 Å². The number of rotatable bonds is 4. The van der Waals surface area contributed by atoms with E-state index in [0.29, 0.717) is 23.7 Å². The quantitative estimate of drug-likeness (QED) is 0.743. The molecule has 0 bridgehead atoms. The number of hydrogen-bond donors (Lipinski definition) is 1. The standard InChI is InChI=1S/C22H23NO4/c1-24-19-10-14(11-20(25-2)22(19)26-3)18-12-17(23)16-9-8-13-6-4-5-7-15(13)21(16)27-18/h4-11,17-18H,12,23H2,1-3H3. The second-order valence-corrected chi connectivity index (χ2v) is 6.61. The molecule has 3 aromatic carbocycles. The lowest BCUT2D eigenvalue weighted by molar-refractivity contribution is 0.163. The summed E-state index contributed by atoms with van der Waals surface area (Å²) in [7, 11) is 4.81. The molecule has 0 fully saturated rings. The van der Waals surface area contributed by atoms with Crippen LogP contribution >= 0.6 is 0 Å². The zero-order valence-corrected chi connectivity index (χ0v) is 15.7. The molecule has 5 nitrogen and oxygen atoms in total. The molecule has 0 amide bonds. The van der Waals surface area contributed by atoms with Crippen LogP contribution in [0.3, 0.4) is 0 Å². The highest BCUT2D eigenvalue weighted by Gasteiger charge is 2.30. The molecule has 2 N–H and O–H groups in total. The maximum atomic E-state index is 6.50. The van der Waals surface area contributed by atoms with Gasteiger partial charge in [0.2, 0.25) is 5.75 Å². The third-order valence-corrected chi connectivity index (χ3v) is 5.10. The van der Waals surface area contributed by atoms with E-state index in [1.807, 2.05) is 24.3 Å². The van der Waals surface area contributed by atoms with Crippen LogP contribution in [0.4, 0.5) is 0 Å². The van der Waals surface area contributed by atoms with Crippen molar-refractivity contribution in [3.05, 3.63) is 59.7 Å². The molecule has 3 aromatic rings. The largest absolute Gasteiger partial charge is 0.493 e. The van der Waals surface area contributed by atoms with Gasteiger partial charge in [-0.05, 0) is 17.5 Å². The van der Waals surface area contributed by atoms with Gasteiger partial charge < -0.3 is 24.7 Å². The van der Waals surface area contributed by atoms with Gasteiger partial charge in [0.05, 0.1) is 21.3 Å².